The zero-order chi connectivity index (χ0) is 19.7. The van der Waals surface area contributed by atoms with Crippen LogP contribution < -0.4 is 10.0 Å². The fourth-order valence-corrected chi connectivity index (χ4v) is 4.85. The summed E-state index contributed by atoms with van der Waals surface area (Å²) in [5.41, 5.74) is 2.40. The number of carbonyl (C=O) groups excluding carboxylic acids is 1. The lowest BCUT2D eigenvalue weighted by Gasteiger charge is -2.08. The molecule has 4 aromatic rings. The van der Waals surface area contributed by atoms with Gasteiger partial charge in [0, 0.05) is 37.2 Å². The number of sulfonamides is 1. The maximum Gasteiger partial charge on any atom is 0.253 e. The first kappa shape index (κ1) is 18.5. The van der Waals surface area contributed by atoms with Gasteiger partial charge in [-0.25, -0.2) is 13.1 Å². The average molecular weight is 416 g/mol. The van der Waals surface area contributed by atoms with Gasteiger partial charge < -0.3 is 9.88 Å². The lowest BCUT2D eigenvalue weighted by atomic mass is 10.1. The predicted octanol–water partition coefficient (Wildman–Crippen LogP) is 1.89. The highest BCUT2D eigenvalue weighted by atomic mass is 32.2. The van der Waals surface area contributed by atoms with Crippen molar-refractivity contribution < 1.29 is 13.2 Å². The third-order valence-corrected chi connectivity index (χ3v) is 6.42. The summed E-state index contributed by atoms with van der Waals surface area (Å²) in [4.78, 5) is 12.6. The van der Waals surface area contributed by atoms with Gasteiger partial charge in [-0.1, -0.05) is 24.3 Å². The number of aromatic nitrogens is 3. The van der Waals surface area contributed by atoms with Crippen LogP contribution in [0.1, 0.15) is 10.4 Å². The van der Waals surface area contributed by atoms with Crippen LogP contribution >= 0.6 is 11.7 Å². The van der Waals surface area contributed by atoms with Gasteiger partial charge in [-0.3, -0.25) is 4.79 Å². The number of hydrogen-bond acceptors (Lipinski definition) is 6. The number of carbonyl (C=O) groups is 1. The van der Waals surface area contributed by atoms with E-state index in [1.807, 2.05) is 35.9 Å². The first-order chi connectivity index (χ1) is 13.5. The van der Waals surface area contributed by atoms with Gasteiger partial charge in [0.1, 0.15) is 15.9 Å². The standard InChI is InChI=1S/C18H17N5O3S2/c1-23-11-13(12-5-2-3-7-15(12)23)18(24)19-9-10-20-28(25,26)16-8-4-6-14-17(16)22-27-21-14/h2-8,11,20H,9-10H2,1H3,(H,19,24). The van der Waals surface area contributed by atoms with Crippen molar-refractivity contribution in [1.29, 1.82) is 0 Å². The monoisotopic (exact) mass is 415 g/mol. The molecule has 0 unspecified atom stereocenters. The molecule has 2 heterocycles. The number of hydrogen-bond donors (Lipinski definition) is 2. The van der Waals surface area contributed by atoms with Crippen molar-refractivity contribution in [3.05, 3.63) is 54.2 Å². The zero-order valence-corrected chi connectivity index (χ0v) is 16.5. The molecule has 0 spiro atoms. The minimum atomic E-state index is -3.75. The quantitative estimate of drug-likeness (QED) is 0.468. The van der Waals surface area contributed by atoms with Crippen LogP contribution in [-0.2, 0) is 17.1 Å². The summed E-state index contributed by atoms with van der Waals surface area (Å²) in [7, 11) is -1.87. The molecular weight excluding hydrogens is 398 g/mol. The molecule has 0 bridgehead atoms. The van der Waals surface area contributed by atoms with E-state index in [1.165, 1.54) is 6.07 Å². The number of aryl methyl sites for hydroxylation is 1. The van der Waals surface area contributed by atoms with Gasteiger partial charge in [0.2, 0.25) is 10.0 Å². The Hall–Kier alpha value is -2.82. The van der Waals surface area contributed by atoms with Crippen LogP contribution in [0.4, 0.5) is 0 Å². The zero-order valence-electron chi connectivity index (χ0n) is 14.9. The smallest absolute Gasteiger partial charge is 0.253 e. The highest BCUT2D eigenvalue weighted by Gasteiger charge is 2.19. The van der Waals surface area contributed by atoms with Crippen LogP contribution in [0.15, 0.2) is 53.6 Å². The van der Waals surface area contributed by atoms with E-state index in [4.69, 9.17) is 0 Å². The Labute approximate surface area is 165 Å². The molecule has 2 aromatic carbocycles. The first-order valence-electron chi connectivity index (χ1n) is 8.50. The molecule has 4 rings (SSSR count). The third kappa shape index (κ3) is 3.37. The molecule has 0 aliphatic carbocycles. The van der Waals surface area contributed by atoms with E-state index in [1.54, 1.807) is 18.3 Å². The molecule has 0 aliphatic heterocycles. The molecule has 28 heavy (non-hydrogen) atoms. The fraction of sp³-hybridized carbons (Fsp3) is 0.167. The van der Waals surface area contributed by atoms with Gasteiger partial charge in [0.05, 0.1) is 17.3 Å². The van der Waals surface area contributed by atoms with Crippen LogP contribution in [0.5, 0.6) is 0 Å². The van der Waals surface area contributed by atoms with Gasteiger partial charge in [-0.15, -0.1) is 0 Å². The molecular formula is C18H17N5O3S2. The van der Waals surface area contributed by atoms with E-state index in [-0.39, 0.29) is 23.9 Å². The van der Waals surface area contributed by atoms with E-state index in [2.05, 4.69) is 18.8 Å². The van der Waals surface area contributed by atoms with Gasteiger partial charge >= 0.3 is 0 Å². The molecule has 0 saturated heterocycles. The van der Waals surface area contributed by atoms with Crippen molar-refractivity contribution in [3.63, 3.8) is 0 Å². The van der Waals surface area contributed by atoms with E-state index in [0.29, 0.717) is 16.6 Å². The highest BCUT2D eigenvalue weighted by Crippen LogP contribution is 2.21. The number of fused-ring (bicyclic) bond motifs is 2. The Kier molecular flexibility index (Phi) is 4.84. The second-order valence-electron chi connectivity index (χ2n) is 6.21. The van der Waals surface area contributed by atoms with E-state index in [9.17, 15) is 13.2 Å². The van der Waals surface area contributed by atoms with E-state index >= 15 is 0 Å². The topological polar surface area (TPSA) is 106 Å². The molecule has 0 fully saturated rings. The first-order valence-corrected chi connectivity index (χ1v) is 10.7. The Balaban J connectivity index is 1.41. The predicted molar refractivity (Wildman–Crippen MR) is 108 cm³/mol. The third-order valence-electron chi connectivity index (χ3n) is 4.38. The molecule has 1 amide bonds. The van der Waals surface area contributed by atoms with Crippen LogP contribution in [0.2, 0.25) is 0 Å². The number of para-hydroxylation sites is 1. The fourth-order valence-electron chi connectivity index (χ4n) is 3.06. The normalized spacial score (nSPS) is 11.9. The molecule has 0 aliphatic rings. The molecule has 0 radical (unpaired) electrons. The Bertz CT molecular complexity index is 1280. The molecule has 0 saturated carbocycles. The second-order valence-corrected chi connectivity index (χ2v) is 8.48. The van der Waals surface area contributed by atoms with Crippen molar-refractivity contribution in [2.75, 3.05) is 13.1 Å². The number of rotatable bonds is 6. The SMILES string of the molecule is Cn1cc(C(=O)NCCNS(=O)(=O)c2cccc3nsnc23)c2ccccc21. The minimum absolute atomic E-state index is 0.0623. The van der Waals surface area contributed by atoms with Crippen molar-refractivity contribution >= 4 is 49.6 Å². The van der Waals surface area contributed by atoms with Crippen molar-refractivity contribution in [1.82, 2.24) is 23.4 Å². The maximum absolute atomic E-state index is 12.5. The highest BCUT2D eigenvalue weighted by molar-refractivity contribution is 7.89. The number of nitrogens with one attached hydrogen (secondary N) is 2. The summed E-state index contributed by atoms with van der Waals surface area (Å²) in [6, 6.07) is 12.4. The van der Waals surface area contributed by atoms with Gasteiger partial charge in [0.15, 0.2) is 0 Å². The summed E-state index contributed by atoms with van der Waals surface area (Å²) in [6.45, 7) is 0.222. The largest absolute Gasteiger partial charge is 0.351 e. The lowest BCUT2D eigenvalue weighted by molar-refractivity contribution is 0.0956. The van der Waals surface area contributed by atoms with E-state index in [0.717, 1.165) is 22.6 Å². The van der Waals surface area contributed by atoms with Crippen molar-refractivity contribution in [2.45, 2.75) is 4.90 Å². The summed E-state index contributed by atoms with van der Waals surface area (Å²) < 4.78 is 37.6. The maximum atomic E-state index is 12.5. The summed E-state index contributed by atoms with van der Waals surface area (Å²) in [6.07, 6.45) is 1.76. The Morgan fingerprint density at radius 3 is 2.79 bits per heavy atom. The number of amides is 1. The molecule has 10 heteroatoms. The van der Waals surface area contributed by atoms with E-state index < -0.39 is 10.0 Å². The number of benzene rings is 2. The summed E-state index contributed by atoms with van der Waals surface area (Å²) in [5, 5.41) is 3.61. The molecule has 144 valence electrons. The van der Waals surface area contributed by atoms with Crippen LogP contribution in [0.3, 0.4) is 0 Å². The summed E-state index contributed by atoms with van der Waals surface area (Å²) in [5.74, 6) is -0.248. The molecule has 2 aromatic heterocycles. The van der Waals surface area contributed by atoms with Crippen LogP contribution in [-0.4, -0.2) is 40.7 Å². The lowest BCUT2D eigenvalue weighted by Crippen LogP contribution is -2.34. The Morgan fingerprint density at radius 1 is 1.11 bits per heavy atom. The minimum Gasteiger partial charge on any atom is -0.351 e. The molecule has 2 N–H and O–H groups in total. The Morgan fingerprint density at radius 2 is 1.93 bits per heavy atom. The van der Waals surface area contributed by atoms with Gasteiger partial charge in [-0.2, -0.15) is 8.75 Å². The number of nitrogens with zero attached hydrogens (tertiary/aromatic N) is 3. The van der Waals surface area contributed by atoms with Crippen molar-refractivity contribution in [2.24, 2.45) is 7.05 Å². The average Bonchev–Trinajstić information content (AvgIpc) is 3.30. The van der Waals surface area contributed by atoms with Crippen molar-refractivity contribution in [3.8, 4) is 0 Å². The summed E-state index contributed by atoms with van der Waals surface area (Å²) >= 11 is 0.965. The molecule has 0 atom stereocenters. The molecule has 8 nitrogen and oxygen atoms in total. The second kappa shape index (κ2) is 7.30. The van der Waals surface area contributed by atoms with Gasteiger partial charge in [-0.05, 0) is 18.2 Å². The van der Waals surface area contributed by atoms with Gasteiger partial charge in [0.25, 0.3) is 5.91 Å². The van der Waals surface area contributed by atoms with Crippen LogP contribution in [0, 0.1) is 0 Å². The van der Waals surface area contributed by atoms with Crippen LogP contribution in [0.25, 0.3) is 21.9 Å².